The van der Waals surface area contributed by atoms with Gasteiger partial charge in [0.05, 0.1) is 34.7 Å². The van der Waals surface area contributed by atoms with E-state index in [4.69, 9.17) is 68.8 Å². The lowest BCUT2D eigenvalue weighted by molar-refractivity contribution is -0.277. The van der Waals surface area contributed by atoms with Crippen LogP contribution in [0.1, 0.15) is 105 Å². The van der Waals surface area contributed by atoms with E-state index in [1.165, 1.54) is 26.0 Å². The monoisotopic (exact) mass is 1430 g/mol. The number of Topliss-reactive ketones (excluding diaryl/α,β-unsaturated/α-hetero) is 1. The number of amides is 7. The Balaban J connectivity index is 1.26. The van der Waals surface area contributed by atoms with Crippen LogP contribution in [-0.2, 0) is 57.4 Å². The maximum Gasteiger partial charge on any atom is 0.330 e. The average Bonchev–Trinajstić information content (AvgIpc) is 0.769. The molecule has 5 aromatic carbocycles. The third kappa shape index (κ3) is 15.3. The van der Waals surface area contributed by atoms with Gasteiger partial charge in [-0.1, -0.05) is 55.2 Å². The van der Waals surface area contributed by atoms with Crippen molar-refractivity contribution in [3.63, 3.8) is 0 Å². The van der Waals surface area contributed by atoms with E-state index in [2.05, 4.69) is 31.9 Å². The smallest absolute Gasteiger partial charge is 0.330 e. The second-order valence-electron chi connectivity index (χ2n) is 25.2. The van der Waals surface area contributed by atoms with Gasteiger partial charge in [0.1, 0.15) is 102 Å². The zero-order valence-electron chi connectivity index (χ0n) is 53.3. The normalized spacial score (nSPS) is 28.9. The summed E-state index contributed by atoms with van der Waals surface area (Å²) in [4.78, 5) is 131. The standard InChI is InChI=1S/C65H71Cl2N9O24/c1-22(2)11-33(68)57(87)75-48-50(82)25-6-9-37(31(66)13-25)96-39-15-27-16-40(55(39)100-64-53(85)52(84)51(83)41(21-77)98-64)97-38-10-7-26(14-32(38)67)54(99-43-20-65(4,70)56(86)23(3)95-43)49-62(92)74-47(63(93)94)30-17-28(78)18-36(80)44(30)29-12-24(5-8-35(29)79)45(59(89)76-49)73-60(90)46(27)72-58(88)34(19-42(69)81)71-61(48)91/h5-10,12-18,22-23,33-34,41,43,45-54,64,77-80,82-85H,11,19-21,68,70H2,1-4H3,(H2,69,81)(H,71,91)(H,72,88)(H,73,90)(H,74,92)(H,75,87)(H,76,89)(H,93,94)/t23-,33+,34-,41+,43-,45+,46+,47-,48+,49-,50+,51+,52-,53+,54+,64-,65-/m0/s1. The van der Waals surface area contributed by atoms with Gasteiger partial charge in [0, 0.05) is 29.2 Å². The minimum atomic E-state index is -2.36. The van der Waals surface area contributed by atoms with Crippen LogP contribution in [0.4, 0.5) is 0 Å². The number of fused-ring (bicyclic) bond motifs is 15. The molecule has 7 aliphatic rings. The summed E-state index contributed by atoms with van der Waals surface area (Å²) in [6.07, 6.45) is -18.3. The van der Waals surface area contributed by atoms with Crippen molar-refractivity contribution in [2.24, 2.45) is 23.1 Å². The largest absolute Gasteiger partial charge is 0.508 e. The molecule has 7 amide bonds. The summed E-state index contributed by atoms with van der Waals surface area (Å²) in [6.45, 7) is 5.27. The fourth-order valence-corrected chi connectivity index (χ4v) is 12.6. The molecular weight excluding hydrogens is 1360 g/mol. The van der Waals surface area contributed by atoms with Crippen molar-refractivity contribution >= 4 is 76.3 Å². The van der Waals surface area contributed by atoms with Gasteiger partial charge in [-0.25, -0.2) is 4.79 Å². The molecule has 2 fully saturated rings. The van der Waals surface area contributed by atoms with Crippen molar-refractivity contribution in [3.8, 4) is 57.1 Å². The molecule has 33 nitrogen and oxygen atoms in total. The van der Waals surface area contributed by atoms with Crippen molar-refractivity contribution in [1.29, 1.82) is 0 Å². The number of ketones is 1. The molecule has 0 spiro atoms. The minimum absolute atomic E-state index is 0.0735. The van der Waals surface area contributed by atoms with Crippen molar-refractivity contribution in [2.75, 3.05) is 6.61 Å². The van der Waals surface area contributed by atoms with Crippen molar-refractivity contribution in [2.45, 2.75) is 150 Å². The van der Waals surface area contributed by atoms with Gasteiger partial charge in [-0.15, -0.1) is 0 Å². The number of carboxylic acids is 1. The van der Waals surface area contributed by atoms with E-state index in [0.717, 1.165) is 66.7 Å². The topological polar surface area (TPSA) is 541 Å². The molecule has 35 heteroatoms. The van der Waals surface area contributed by atoms with E-state index in [9.17, 15) is 69.9 Å². The number of nitrogens with two attached hydrogens (primary N) is 3. The third-order valence-corrected chi connectivity index (χ3v) is 17.8. The number of aliphatic hydroxyl groups is 5. The van der Waals surface area contributed by atoms with Gasteiger partial charge >= 0.3 is 5.97 Å². The molecule has 7 aliphatic heterocycles. The van der Waals surface area contributed by atoms with Crippen LogP contribution in [0, 0.1) is 5.92 Å². The van der Waals surface area contributed by atoms with Crippen molar-refractivity contribution < 1.29 is 118 Å². The number of nitrogens with one attached hydrogen (secondary N) is 6. The number of hydrogen-bond donors (Lipinski definition) is 18. The minimum Gasteiger partial charge on any atom is -0.508 e. The summed E-state index contributed by atoms with van der Waals surface area (Å²) in [7, 11) is 0. The molecule has 0 saturated carbocycles. The Kier molecular flexibility index (Phi) is 21.5. The number of ether oxygens (including phenoxy) is 6. The molecule has 5 aromatic rings. The van der Waals surface area contributed by atoms with Crippen LogP contribution in [0.15, 0.2) is 78.9 Å². The lowest BCUT2D eigenvalue weighted by atomic mass is 9.88. The van der Waals surface area contributed by atoms with Crippen molar-refractivity contribution in [1.82, 2.24) is 31.9 Å². The third-order valence-electron chi connectivity index (χ3n) is 17.2. The highest BCUT2D eigenvalue weighted by atomic mass is 35.5. The number of carbonyl (C=O) groups excluding carboxylic acids is 8. The molecule has 17 atom stereocenters. The molecule has 100 heavy (non-hydrogen) atoms. The number of carbonyl (C=O) groups is 9. The predicted octanol–water partition coefficient (Wildman–Crippen LogP) is 0.0537. The van der Waals surface area contributed by atoms with Crippen LogP contribution in [-0.4, -0.2) is 178 Å². The highest BCUT2D eigenvalue weighted by molar-refractivity contribution is 6.32. The van der Waals surface area contributed by atoms with E-state index in [1.54, 1.807) is 13.8 Å². The number of halogens is 2. The molecular formula is C65H71Cl2N9O24. The van der Waals surface area contributed by atoms with Gasteiger partial charge in [0.15, 0.2) is 29.6 Å². The number of phenolic OH excluding ortho intramolecular Hbond substituents is 3. The first-order valence-electron chi connectivity index (χ1n) is 31.0. The van der Waals surface area contributed by atoms with E-state index < -0.39 is 243 Å². The fraction of sp³-hybridized carbons (Fsp3) is 0.400. The van der Waals surface area contributed by atoms with Gasteiger partial charge in [0.25, 0.3) is 0 Å². The number of aliphatic carboxylic acids is 1. The number of phenols is 3. The molecule has 0 aromatic heterocycles. The van der Waals surface area contributed by atoms with E-state index in [0.29, 0.717) is 0 Å². The Labute approximate surface area is 577 Å². The molecule has 0 unspecified atom stereocenters. The Bertz CT molecular complexity index is 4110. The summed E-state index contributed by atoms with van der Waals surface area (Å²) in [6, 6.07) is -1.06. The lowest BCUT2D eigenvalue weighted by Crippen LogP contribution is -2.60. The summed E-state index contributed by atoms with van der Waals surface area (Å²) < 4.78 is 37.7. The van der Waals surface area contributed by atoms with Crippen LogP contribution < -0.4 is 63.3 Å². The first kappa shape index (κ1) is 73.2. The van der Waals surface area contributed by atoms with Crippen LogP contribution >= 0.6 is 23.2 Å². The quantitative estimate of drug-likeness (QED) is 0.0785. The lowest BCUT2D eigenvalue weighted by Gasteiger charge is -2.40. The first-order chi connectivity index (χ1) is 47.1. The molecule has 7 heterocycles. The molecule has 21 N–H and O–H groups in total. The molecule has 12 rings (SSSR count). The highest BCUT2D eigenvalue weighted by Crippen LogP contribution is 2.50. The number of primary amides is 1. The zero-order valence-corrected chi connectivity index (χ0v) is 54.8. The van der Waals surface area contributed by atoms with Gasteiger partial charge in [0.2, 0.25) is 53.4 Å². The maximum absolute atomic E-state index is 16.1. The number of benzene rings is 5. The van der Waals surface area contributed by atoms with Gasteiger partial charge < -0.3 is 123 Å². The van der Waals surface area contributed by atoms with Crippen LogP contribution in [0.5, 0.6) is 46.0 Å². The number of rotatable bonds is 12. The Morgan fingerprint density at radius 1 is 0.710 bits per heavy atom. The number of aromatic hydroxyl groups is 3. The Hall–Kier alpha value is -9.49. The van der Waals surface area contributed by atoms with Crippen LogP contribution in [0.2, 0.25) is 10.0 Å². The second kappa shape index (κ2) is 29.4. The molecule has 2 saturated heterocycles. The van der Waals surface area contributed by atoms with E-state index >= 15 is 19.2 Å². The summed E-state index contributed by atoms with van der Waals surface area (Å²) in [5.74, 6) is -17.0. The fourth-order valence-electron chi connectivity index (χ4n) is 12.2. The number of aliphatic hydroxyl groups excluding tert-OH is 5. The molecule has 0 aliphatic carbocycles. The summed E-state index contributed by atoms with van der Waals surface area (Å²) in [5.41, 5.74) is 13.9. The van der Waals surface area contributed by atoms with Crippen LogP contribution in [0.3, 0.4) is 0 Å². The summed E-state index contributed by atoms with van der Waals surface area (Å²) >= 11 is 14.2. The molecule has 534 valence electrons. The first-order valence-corrected chi connectivity index (χ1v) is 31.8. The van der Waals surface area contributed by atoms with Crippen LogP contribution in [0.25, 0.3) is 11.1 Å². The van der Waals surface area contributed by atoms with E-state index in [-0.39, 0.29) is 39.8 Å². The number of hydrogen-bond acceptors (Lipinski definition) is 25. The SMILES string of the molecule is CC(C)C[C@@H](N)C(=O)N[C@H]1C(=O)N[C@@H](CC(N)=O)C(=O)N[C@H]2C(=O)N[C@H]3C(=O)N[C@H](C(=O)N[C@H](C(=O)O)c4cc(O)cc(O)c4-c4cc3ccc4O)[C@H](O[C@H]3C[C@](C)(N)C(=O)[C@H](C)O3)c3ccc(c(Cl)c3)Oc3cc2cc(c3O[C@@H]2O[C@H](CO)[C@@H](O)[C@H](O)[C@H]2O)Oc2ccc(cc2Cl)[C@H]1O. The van der Waals surface area contributed by atoms with Gasteiger partial charge in [-0.2, -0.15) is 0 Å². The van der Waals surface area contributed by atoms with Gasteiger partial charge in [-0.05, 0) is 103 Å². The zero-order chi connectivity index (χ0) is 72.8. The number of carboxylic acid groups (broad SMARTS) is 1. The van der Waals surface area contributed by atoms with Crippen molar-refractivity contribution in [3.05, 3.63) is 117 Å². The summed E-state index contributed by atoms with van der Waals surface area (Å²) in [5, 5.41) is 115. The van der Waals surface area contributed by atoms with Gasteiger partial charge in [-0.3, -0.25) is 38.4 Å². The predicted molar refractivity (Wildman–Crippen MR) is 343 cm³/mol. The molecule has 11 bridgehead atoms. The Morgan fingerprint density at radius 2 is 1.32 bits per heavy atom. The Morgan fingerprint density at radius 3 is 1.93 bits per heavy atom. The second-order valence-corrected chi connectivity index (χ2v) is 26.1. The van der Waals surface area contributed by atoms with E-state index in [1.807, 2.05) is 0 Å². The maximum atomic E-state index is 16.1. The molecule has 0 radical (unpaired) electrons. The average molecular weight is 1430 g/mol. The highest BCUT2D eigenvalue weighted by Gasteiger charge is 2.49.